The molecule has 2 atom stereocenters. The Balaban J connectivity index is 1.44. The maximum Gasteiger partial charge on any atom is 0.146 e. The van der Waals surface area contributed by atoms with Crippen molar-refractivity contribution in [2.45, 2.75) is 18.5 Å². The molecule has 6 heteroatoms. The second-order valence-electron chi connectivity index (χ2n) is 6.99. The van der Waals surface area contributed by atoms with E-state index in [-0.39, 0.29) is 17.4 Å². The van der Waals surface area contributed by atoms with Crippen LogP contribution in [0.15, 0.2) is 42.7 Å². The standard InChI is InChI=1S/C20H24FN4O/c1-20(14-23-19(13-24-20)17-6-7-22-12-18(17)21)15-2-4-16(5-3-15)25-8-10-26-11-9-25/h2-7,12,14,19,23-24H,8-11,13H2,1H3/t19?,20-/m1/s1. The Kier molecular flexibility index (Phi) is 4.89. The second-order valence-corrected chi connectivity index (χ2v) is 6.99. The van der Waals surface area contributed by atoms with Crippen LogP contribution < -0.4 is 15.5 Å². The Hall–Kier alpha value is -2.02. The van der Waals surface area contributed by atoms with E-state index in [0.717, 1.165) is 26.3 Å². The normalized spacial score (nSPS) is 26.7. The monoisotopic (exact) mass is 355 g/mol. The highest BCUT2D eigenvalue weighted by molar-refractivity contribution is 5.49. The summed E-state index contributed by atoms with van der Waals surface area (Å²) in [6.07, 6.45) is 2.88. The van der Waals surface area contributed by atoms with E-state index in [1.165, 1.54) is 17.4 Å². The molecule has 3 heterocycles. The summed E-state index contributed by atoms with van der Waals surface area (Å²) in [5.74, 6) is -0.279. The van der Waals surface area contributed by atoms with E-state index in [4.69, 9.17) is 4.74 Å². The summed E-state index contributed by atoms with van der Waals surface area (Å²) in [7, 11) is 0. The predicted octanol–water partition coefficient (Wildman–Crippen LogP) is 2.37. The van der Waals surface area contributed by atoms with Gasteiger partial charge in [0.05, 0.1) is 24.9 Å². The second kappa shape index (κ2) is 7.31. The van der Waals surface area contributed by atoms with Gasteiger partial charge in [-0.15, -0.1) is 0 Å². The number of rotatable bonds is 3. The number of nitrogens with one attached hydrogen (secondary N) is 2. The third-order valence-electron chi connectivity index (χ3n) is 5.27. The third-order valence-corrected chi connectivity index (χ3v) is 5.27. The zero-order valence-corrected chi connectivity index (χ0v) is 14.9. The van der Waals surface area contributed by atoms with E-state index in [0.29, 0.717) is 12.1 Å². The number of piperazine rings is 1. The number of aromatic nitrogens is 1. The molecular weight excluding hydrogens is 331 g/mol. The molecule has 1 aromatic carbocycles. The van der Waals surface area contributed by atoms with Crippen LogP contribution in [0.2, 0.25) is 0 Å². The topological polar surface area (TPSA) is 49.4 Å². The first-order valence-electron chi connectivity index (χ1n) is 9.04. The van der Waals surface area contributed by atoms with Gasteiger partial charge in [-0.05, 0) is 30.7 Å². The summed E-state index contributed by atoms with van der Waals surface area (Å²) in [6, 6.07) is 10.3. The zero-order chi connectivity index (χ0) is 18.0. The highest BCUT2D eigenvalue weighted by Crippen LogP contribution is 2.30. The minimum Gasteiger partial charge on any atom is -0.378 e. The van der Waals surface area contributed by atoms with Gasteiger partial charge in [-0.2, -0.15) is 0 Å². The van der Waals surface area contributed by atoms with Crippen molar-refractivity contribution in [1.82, 2.24) is 15.6 Å². The smallest absolute Gasteiger partial charge is 0.146 e. The zero-order valence-electron chi connectivity index (χ0n) is 14.9. The average molecular weight is 355 g/mol. The largest absolute Gasteiger partial charge is 0.378 e. The van der Waals surface area contributed by atoms with Gasteiger partial charge < -0.3 is 20.3 Å². The molecule has 0 aliphatic carbocycles. The van der Waals surface area contributed by atoms with Gasteiger partial charge in [0, 0.05) is 49.7 Å². The van der Waals surface area contributed by atoms with Gasteiger partial charge in [0.15, 0.2) is 0 Å². The van der Waals surface area contributed by atoms with Crippen LogP contribution in [-0.4, -0.2) is 37.8 Å². The van der Waals surface area contributed by atoms with Crippen LogP contribution in [-0.2, 0) is 10.3 Å². The molecule has 1 unspecified atom stereocenters. The van der Waals surface area contributed by atoms with Gasteiger partial charge in [-0.25, -0.2) is 4.39 Å². The van der Waals surface area contributed by atoms with Gasteiger partial charge >= 0.3 is 0 Å². The van der Waals surface area contributed by atoms with Gasteiger partial charge in [-0.3, -0.25) is 4.98 Å². The SMILES string of the molecule is C[C@]1(c2ccc(N3CCOCC3)cc2)[CH]NC(c2ccncc2F)CN1. The molecule has 0 amide bonds. The van der Waals surface area contributed by atoms with E-state index in [1.807, 2.05) is 6.54 Å². The minimum atomic E-state index is -0.302. The number of halogens is 1. The number of pyridine rings is 1. The van der Waals surface area contributed by atoms with Crippen LogP contribution in [0.4, 0.5) is 10.1 Å². The van der Waals surface area contributed by atoms with Crippen LogP contribution in [0.3, 0.4) is 0 Å². The Morgan fingerprint density at radius 2 is 1.96 bits per heavy atom. The van der Waals surface area contributed by atoms with Crippen molar-refractivity contribution < 1.29 is 9.13 Å². The number of ether oxygens (including phenoxy) is 1. The highest BCUT2D eigenvalue weighted by Gasteiger charge is 2.33. The lowest BCUT2D eigenvalue weighted by Gasteiger charge is -2.40. The molecule has 2 N–H and O–H groups in total. The summed E-state index contributed by atoms with van der Waals surface area (Å²) in [5, 5.41) is 6.91. The first kappa shape index (κ1) is 17.4. The molecule has 2 saturated heterocycles. The van der Waals surface area contributed by atoms with E-state index in [2.05, 4.69) is 51.7 Å². The highest BCUT2D eigenvalue weighted by atomic mass is 19.1. The Morgan fingerprint density at radius 3 is 2.62 bits per heavy atom. The van der Waals surface area contributed by atoms with Crippen molar-refractivity contribution in [1.29, 1.82) is 0 Å². The fourth-order valence-electron chi connectivity index (χ4n) is 3.59. The van der Waals surface area contributed by atoms with E-state index >= 15 is 0 Å². The van der Waals surface area contributed by atoms with Crippen LogP contribution >= 0.6 is 0 Å². The molecule has 0 spiro atoms. The van der Waals surface area contributed by atoms with Crippen molar-refractivity contribution in [3.05, 3.63) is 66.2 Å². The van der Waals surface area contributed by atoms with Crippen molar-refractivity contribution in [2.24, 2.45) is 0 Å². The molecule has 137 valence electrons. The van der Waals surface area contributed by atoms with Crippen LogP contribution in [0.25, 0.3) is 0 Å². The van der Waals surface area contributed by atoms with Crippen LogP contribution in [0.5, 0.6) is 0 Å². The van der Waals surface area contributed by atoms with E-state index in [9.17, 15) is 4.39 Å². The first-order valence-corrected chi connectivity index (χ1v) is 9.04. The van der Waals surface area contributed by atoms with Gasteiger partial charge in [0.1, 0.15) is 5.82 Å². The van der Waals surface area contributed by atoms with E-state index in [1.54, 1.807) is 12.3 Å². The number of hydrogen-bond donors (Lipinski definition) is 2. The third kappa shape index (κ3) is 3.45. The number of nitrogens with zero attached hydrogens (tertiary/aromatic N) is 2. The number of hydrogen-bond acceptors (Lipinski definition) is 5. The molecule has 2 aromatic rings. The van der Waals surface area contributed by atoms with Crippen molar-refractivity contribution in [3.8, 4) is 0 Å². The lowest BCUT2D eigenvalue weighted by atomic mass is 9.88. The molecule has 5 nitrogen and oxygen atoms in total. The van der Waals surface area contributed by atoms with Gasteiger partial charge in [0.25, 0.3) is 0 Å². The predicted molar refractivity (Wildman–Crippen MR) is 99.2 cm³/mol. The van der Waals surface area contributed by atoms with Crippen LogP contribution in [0.1, 0.15) is 24.1 Å². The number of anilines is 1. The number of morpholine rings is 1. The Labute approximate surface area is 153 Å². The molecule has 2 fully saturated rings. The van der Waals surface area contributed by atoms with Gasteiger partial charge in [-0.1, -0.05) is 12.1 Å². The molecule has 0 saturated carbocycles. The number of benzene rings is 1. The average Bonchev–Trinajstić information content (AvgIpc) is 2.70. The fraction of sp³-hybridized carbons (Fsp3) is 0.400. The molecule has 1 aromatic heterocycles. The quantitative estimate of drug-likeness (QED) is 0.885. The fourth-order valence-corrected chi connectivity index (χ4v) is 3.59. The summed E-state index contributed by atoms with van der Waals surface area (Å²) in [5.41, 5.74) is 2.73. The lowest BCUT2D eigenvalue weighted by Crippen LogP contribution is -2.53. The molecule has 1 radical (unpaired) electrons. The maximum absolute atomic E-state index is 14.0. The van der Waals surface area contributed by atoms with Crippen molar-refractivity contribution in [2.75, 3.05) is 37.7 Å². The van der Waals surface area contributed by atoms with Gasteiger partial charge in [0.2, 0.25) is 0 Å². The molecule has 2 aliphatic rings. The summed E-state index contributed by atoms with van der Waals surface area (Å²) >= 11 is 0. The molecular formula is C20H24FN4O. The van der Waals surface area contributed by atoms with Crippen LogP contribution in [0, 0.1) is 12.4 Å². The molecule has 0 bridgehead atoms. The summed E-state index contributed by atoms with van der Waals surface area (Å²) in [4.78, 5) is 6.16. The van der Waals surface area contributed by atoms with Crippen molar-refractivity contribution >= 4 is 5.69 Å². The Morgan fingerprint density at radius 1 is 1.19 bits per heavy atom. The van der Waals surface area contributed by atoms with Crippen molar-refractivity contribution in [3.63, 3.8) is 0 Å². The maximum atomic E-state index is 14.0. The Bertz CT molecular complexity index is 738. The minimum absolute atomic E-state index is 0.0984. The molecule has 4 rings (SSSR count). The molecule has 2 aliphatic heterocycles. The summed E-state index contributed by atoms with van der Waals surface area (Å²) in [6.45, 7) is 8.22. The molecule has 26 heavy (non-hydrogen) atoms. The summed E-state index contributed by atoms with van der Waals surface area (Å²) < 4.78 is 19.4. The lowest BCUT2D eigenvalue weighted by molar-refractivity contribution is 0.122. The van der Waals surface area contributed by atoms with E-state index < -0.39 is 0 Å². The first-order chi connectivity index (χ1) is 12.7.